The molecule has 4 nitrogen and oxygen atoms in total. The fraction of sp³-hybridized carbons (Fsp3) is 0.692. The minimum absolute atomic E-state index is 0.0862. The summed E-state index contributed by atoms with van der Waals surface area (Å²) in [5.74, 6) is 0.0862. The lowest BCUT2D eigenvalue weighted by molar-refractivity contribution is 0.101. The Morgan fingerprint density at radius 1 is 1.50 bits per heavy atom. The summed E-state index contributed by atoms with van der Waals surface area (Å²) < 4.78 is 4.23. The maximum atomic E-state index is 11.5. The minimum Gasteiger partial charge on any atom is -0.375 e. The summed E-state index contributed by atoms with van der Waals surface area (Å²) in [6, 6.07) is 0.573. The monoisotopic (exact) mass is 269 g/mol. The number of nitrogens with one attached hydrogen (secondary N) is 1. The van der Waals surface area contributed by atoms with Crippen LogP contribution < -0.4 is 5.32 Å². The lowest BCUT2D eigenvalue weighted by Gasteiger charge is -2.20. The van der Waals surface area contributed by atoms with E-state index in [0.29, 0.717) is 6.04 Å². The number of anilines is 1. The number of hydrogen-bond donors (Lipinski definition) is 1. The molecular formula is C13H23N3OS. The van der Waals surface area contributed by atoms with Crippen molar-refractivity contribution in [3.8, 4) is 0 Å². The van der Waals surface area contributed by atoms with Crippen LogP contribution in [0.15, 0.2) is 0 Å². The number of carbonyl (C=O) groups is 1. The summed E-state index contributed by atoms with van der Waals surface area (Å²) in [5.41, 5.74) is 1.58. The van der Waals surface area contributed by atoms with Crippen molar-refractivity contribution in [1.29, 1.82) is 0 Å². The van der Waals surface area contributed by atoms with Gasteiger partial charge in [-0.05, 0) is 59.2 Å². The Bertz CT molecular complexity index is 401. The van der Waals surface area contributed by atoms with Crippen LogP contribution in [0.4, 0.5) is 5.00 Å². The Balaban J connectivity index is 2.43. The van der Waals surface area contributed by atoms with E-state index in [-0.39, 0.29) is 5.78 Å². The summed E-state index contributed by atoms with van der Waals surface area (Å²) in [6.07, 6.45) is 1.06. The van der Waals surface area contributed by atoms with E-state index in [1.165, 1.54) is 11.5 Å². The van der Waals surface area contributed by atoms with Gasteiger partial charge >= 0.3 is 0 Å². The molecule has 102 valence electrons. The van der Waals surface area contributed by atoms with Crippen LogP contribution in [-0.4, -0.2) is 41.2 Å². The highest BCUT2D eigenvalue weighted by molar-refractivity contribution is 7.10. The van der Waals surface area contributed by atoms with E-state index in [9.17, 15) is 4.79 Å². The molecule has 0 atom stereocenters. The summed E-state index contributed by atoms with van der Waals surface area (Å²) in [7, 11) is 2.13. The molecule has 0 aromatic carbocycles. The molecule has 1 N–H and O–H groups in total. The van der Waals surface area contributed by atoms with E-state index in [2.05, 4.69) is 35.5 Å². The zero-order valence-corrected chi connectivity index (χ0v) is 12.7. The number of nitrogens with zero attached hydrogens (tertiary/aromatic N) is 2. The SMILES string of the molecule is CC(=O)c1c(C)nsc1NCCCN(C)C(C)C. The lowest BCUT2D eigenvalue weighted by Crippen LogP contribution is -2.28. The second-order valence-corrected chi connectivity index (χ2v) is 5.66. The van der Waals surface area contributed by atoms with Crippen molar-refractivity contribution in [3.63, 3.8) is 0 Å². The van der Waals surface area contributed by atoms with Crippen molar-refractivity contribution < 1.29 is 4.79 Å². The van der Waals surface area contributed by atoms with Gasteiger partial charge in [0.2, 0.25) is 0 Å². The molecule has 1 heterocycles. The summed E-state index contributed by atoms with van der Waals surface area (Å²) in [6.45, 7) is 9.78. The van der Waals surface area contributed by atoms with Crippen molar-refractivity contribution in [2.45, 2.75) is 40.2 Å². The minimum atomic E-state index is 0.0862. The van der Waals surface area contributed by atoms with Gasteiger partial charge < -0.3 is 10.2 Å². The number of carbonyl (C=O) groups excluding carboxylic acids is 1. The van der Waals surface area contributed by atoms with Crippen LogP contribution in [0.5, 0.6) is 0 Å². The van der Waals surface area contributed by atoms with E-state index in [1.54, 1.807) is 6.92 Å². The van der Waals surface area contributed by atoms with Crippen molar-refractivity contribution in [2.24, 2.45) is 0 Å². The normalized spacial score (nSPS) is 11.3. The Kier molecular flexibility index (Phi) is 5.75. The van der Waals surface area contributed by atoms with Crippen LogP contribution in [0, 0.1) is 6.92 Å². The van der Waals surface area contributed by atoms with Crippen molar-refractivity contribution in [1.82, 2.24) is 9.27 Å². The van der Waals surface area contributed by atoms with Gasteiger partial charge in [0, 0.05) is 12.6 Å². The molecule has 5 heteroatoms. The lowest BCUT2D eigenvalue weighted by atomic mass is 10.2. The van der Waals surface area contributed by atoms with Crippen molar-refractivity contribution in [2.75, 3.05) is 25.5 Å². The highest BCUT2D eigenvalue weighted by atomic mass is 32.1. The van der Waals surface area contributed by atoms with Crippen molar-refractivity contribution in [3.05, 3.63) is 11.3 Å². The van der Waals surface area contributed by atoms with Crippen molar-refractivity contribution >= 4 is 22.3 Å². The summed E-state index contributed by atoms with van der Waals surface area (Å²) >= 11 is 1.37. The Morgan fingerprint density at radius 3 is 2.72 bits per heavy atom. The Labute approximate surface area is 114 Å². The van der Waals surface area contributed by atoms with Gasteiger partial charge in [-0.1, -0.05) is 0 Å². The average molecular weight is 269 g/mol. The first-order valence-electron chi connectivity index (χ1n) is 6.34. The molecule has 1 aromatic rings. The summed E-state index contributed by atoms with van der Waals surface area (Å²) in [5, 5.41) is 4.23. The zero-order chi connectivity index (χ0) is 13.7. The van der Waals surface area contributed by atoms with Crippen LogP contribution in [0.25, 0.3) is 0 Å². The van der Waals surface area contributed by atoms with Crippen LogP contribution in [0.1, 0.15) is 43.2 Å². The van der Waals surface area contributed by atoms with E-state index in [1.807, 2.05) is 6.92 Å². The molecule has 0 bridgehead atoms. The fourth-order valence-corrected chi connectivity index (χ4v) is 2.56. The highest BCUT2D eigenvalue weighted by Gasteiger charge is 2.14. The second kappa shape index (κ2) is 6.85. The van der Waals surface area contributed by atoms with E-state index in [4.69, 9.17) is 0 Å². The smallest absolute Gasteiger partial charge is 0.164 e. The first-order chi connectivity index (χ1) is 8.43. The van der Waals surface area contributed by atoms with E-state index < -0.39 is 0 Å². The standard InChI is InChI=1S/C13H23N3OS/c1-9(2)16(5)8-6-7-14-13-12(11(4)17)10(3)15-18-13/h9,14H,6-8H2,1-5H3. The molecule has 0 fully saturated rings. The maximum Gasteiger partial charge on any atom is 0.164 e. The van der Waals surface area contributed by atoms with Gasteiger partial charge in [-0.15, -0.1) is 0 Å². The molecule has 18 heavy (non-hydrogen) atoms. The number of ketones is 1. The average Bonchev–Trinajstić information content (AvgIpc) is 2.65. The topological polar surface area (TPSA) is 45.2 Å². The van der Waals surface area contributed by atoms with E-state index >= 15 is 0 Å². The molecular weight excluding hydrogens is 246 g/mol. The molecule has 0 saturated carbocycles. The quantitative estimate of drug-likeness (QED) is 0.611. The van der Waals surface area contributed by atoms with Crippen LogP contribution in [0.3, 0.4) is 0 Å². The molecule has 0 amide bonds. The molecule has 0 aliphatic carbocycles. The second-order valence-electron chi connectivity index (χ2n) is 4.88. The highest BCUT2D eigenvalue weighted by Crippen LogP contribution is 2.24. The molecule has 0 aliphatic rings. The molecule has 0 unspecified atom stereocenters. The van der Waals surface area contributed by atoms with Gasteiger partial charge in [-0.2, -0.15) is 4.37 Å². The third-order valence-electron chi connectivity index (χ3n) is 3.07. The van der Waals surface area contributed by atoms with Crippen LogP contribution in [-0.2, 0) is 0 Å². The first kappa shape index (κ1) is 15.1. The zero-order valence-electron chi connectivity index (χ0n) is 11.9. The van der Waals surface area contributed by atoms with Crippen LogP contribution >= 0.6 is 11.5 Å². The number of aryl methyl sites for hydroxylation is 1. The van der Waals surface area contributed by atoms with Gasteiger partial charge in [0.05, 0.1) is 11.3 Å². The molecule has 0 radical (unpaired) electrons. The molecule has 0 aliphatic heterocycles. The van der Waals surface area contributed by atoms with E-state index in [0.717, 1.165) is 35.8 Å². The molecule has 0 saturated heterocycles. The number of Topliss-reactive ketones (excluding diaryl/α,β-unsaturated/α-hetero) is 1. The Hall–Kier alpha value is -0.940. The number of aromatic nitrogens is 1. The maximum absolute atomic E-state index is 11.5. The van der Waals surface area contributed by atoms with Gasteiger partial charge in [-0.25, -0.2) is 0 Å². The van der Waals surface area contributed by atoms with Crippen LogP contribution in [0.2, 0.25) is 0 Å². The largest absolute Gasteiger partial charge is 0.375 e. The first-order valence-corrected chi connectivity index (χ1v) is 7.12. The third kappa shape index (κ3) is 4.07. The summed E-state index contributed by atoms with van der Waals surface area (Å²) in [4.78, 5) is 13.8. The molecule has 1 aromatic heterocycles. The number of hydrogen-bond acceptors (Lipinski definition) is 5. The van der Waals surface area contributed by atoms with Gasteiger partial charge in [-0.3, -0.25) is 4.79 Å². The molecule has 0 spiro atoms. The van der Waals surface area contributed by atoms with Gasteiger partial charge in [0.1, 0.15) is 5.00 Å². The fourth-order valence-electron chi connectivity index (χ4n) is 1.69. The Morgan fingerprint density at radius 2 is 2.17 bits per heavy atom. The predicted molar refractivity (Wildman–Crippen MR) is 77.7 cm³/mol. The molecule has 1 rings (SSSR count). The third-order valence-corrected chi connectivity index (χ3v) is 3.97. The predicted octanol–water partition coefficient (Wildman–Crippen LogP) is 2.80. The number of rotatable bonds is 7. The van der Waals surface area contributed by atoms with Gasteiger partial charge in [0.15, 0.2) is 5.78 Å². The van der Waals surface area contributed by atoms with Gasteiger partial charge in [0.25, 0.3) is 0 Å².